The van der Waals surface area contributed by atoms with Crippen molar-refractivity contribution in [3.63, 3.8) is 0 Å². The van der Waals surface area contributed by atoms with Gasteiger partial charge in [-0.25, -0.2) is 4.98 Å². The summed E-state index contributed by atoms with van der Waals surface area (Å²) in [6.45, 7) is 1.39. The van der Waals surface area contributed by atoms with Crippen molar-refractivity contribution in [3.05, 3.63) is 46.6 Å². The number of hydrogen-bond acceptors (Lipinski definition) is 5. The zero-order valence-electron chi connectivity index (χ0n) is 10.9. The van der Waals surface area contributed by atoms with Crippen molar-refractivity contribution in [1.29, 1.82) is 0 Å². The van der Waals surface area contributed by atoms with Crippen LogP contribution < -0.4 is 14.6 Å². The molecule has 2 aromatic rings. The van der Waals surface area contributed by atoms with Crippen molar-refractivity contribution in [2.75, 3.05) is 0 Å². The summed E-state index contributed by atoms with van der Waals surface area (Å²) in [6, 6.07) is 7.86. The number of benzene rings is 1. The molecule has 0 radical (unpaired) electrons. The summed E-state index contributed by atoms with van der Waals surface area (Å²) in [5.41, 5.74) is 0. The second kappa shape index (κ2) is 6.65. The van der Waals surface area contributed by atoms with Gasteiger partial charge in [0.25, 0.3) is 0 Å². The van der Waals surface area contributed by atoms with E-state index in [0.717, 1.165) is 0 Å². The minimum Gasteiger partial charge on any atom is -0.546 e. The number of halogens is 2. The van der Waals surface area contributed by atoms with Gasteiger partial charge in [-0.1, -0.05) is 23.2 Å². The molecule has 0 unspecified atom stereocenters. The molecule has 21 heavy (non-hydrogen) atoms. The normalized spacial score (nSPS) is 11.8. The average molecular weight is 327 g/mol. The van der Waals surface area contributed by atoms with Crippen molar-refractivity contribution < 1.29 is 19.4 Å². The maximum absolute atomic E-state index is 10.6. The standard InChI is InChI=1S/C14H11Cl2NO4/c1-8(14(18)19)20-10-2-4-11(5-3-10)21-13-12(16)6-9(15)7-17-13/h2-8H,1H3,(H,18,19)/p-1/t8-/m0/s1. The predicted molar refractivity (Wildman–Crippen MR) is 75.9 cm³/mol. The van der Waals surface area contributed by atoms with Gasteiger partial charge in [-0.2, -0.15) is 0 Å². The molecule has 0 aliphatic heterocycles. The average Bonchev–Trinajstić information content (AvgIpc) is 2.43. The Morgan fingerprint density at radius 2 is 1.86 bits per heavy atom. The number of ether oxygens (including phenoxy) is 2. The molecule has 0 aliphatic rings. The van der Waals surface area contributed by atoms with Crippen molar-refractivity contribution in [2.24, 2.45) is 0 Å². The SMILES string of the molecule is C[C@H](Oc1ccc(Oc2ncc(Cl)cc2Cl)cc1)C(=O)[O-]. The summed E-state index contributed by atoms with van der Waals surface area (Å²) < 4.78 is 10.6. The molecule has 1 aromatic heterocycles. The molecule has 0 saturated heterocycles. The third-order valence-electron chi connectivity index (χ3n) is 2.46. The number of carbonyl (C=O) groups excluding carboxylic acids is 1. The van der Waals surface area contributed by atoms with E-state index in [-0.39, 0.29) is 10.9 Å². The van der Waals surface area contributed by atoms with Gasteiger partial charge in [0.05, 0.1) is 11.0 Å². The van der Waals surface area contributed by atoms with E-state index in [2.05, 4.69) is 4.98 Å². The van der Waals surface area contributed by atoms with Gasteiger partial charge in [0.2, 0.25) is 5.88 Å². The van der Waals surface area contributed by atoms with Crippen LogP contribution in [0.1, 0.15) is 6.92 Å². The number of aromatic nitrogens is 1. The summed E-state index contributed by atoms with van der Waals surface area (Å²) in [5.74, 6) is -0.209. The van der Waals surface area contributed by atoms with Crippen LogP contribution in [-0.2, 0) is 4.79 Å². The van der Waals surface area contributed by atoms with Crippen LogP contribution in [0.2, 0.25) is 10.0 Å². The number of carboxylic acid groups (broad SMARTS) is 1. The third kappa shape index (κ3) is 4.24. The number of aliphatic carboxylic acids is 1. The molecule has 7 heteroatoms. The molecule has 0 aliphatic carbocycles. The highest BCUT2D eigenvalue weighted by atomic mass is 35.5. The van der Waals surface area contributed by atoms with Gasteiger partial charge in [0, 0.05) is 6.20 Å². The highest BCUT2D eigenvalue weighted by molar-refractivity contribution is 6.35. The largest absolute Gasteiger partial charge is 0.546 e. The topological polar surface area (TPSA) is 71.5 Å². The van der Waals surface area contributed by atoms with E-state index in [4.69, 9.17) is 32.7 Å². The van der Waals surface area contributed by atoms with Crippen LogP contribution in [0.3, 0.4) is 0 Å². The molecule has 2 rings (SSSR count). The van der Waals surface area contributed by atoms with Gasteiger partial charge >= 0.3 is 0 Å². The van der Waals surface area contributed by atoms with E-state index in [0.29, 0.717) is 16.5 Å². The van der Waals surface area contributed by atoms with Crippen molar-refractivity contribution >= 4 is 29.2 Å². The van der Waals surface area contributed by atoms with E-state index in [9.17, 15) is 9.90 Å². The van der Waals surface area contributed by atoms with Gasteiger partial charge in [-0.3, -0.25) is 0 Å². The fourth-order valence-electron chi connectivity index (χ4n) is 1.43. The lowest BCUT2D eigenvalue weighted by Crippen LogP contribution is -2.37. The number of hydrogen-bond donors (Lipinski definition) is 0. The molecular formula is C14H10Cl2NO4-. The fraction of sp³-hybridized carbons (Fsp3) is 0.143. The molecule has 0 spiro atoms. The van der Waals surface area contributed by atoms with Crippen LogP contribution in [0, 0.1) is 0 Å². The quantitative estimate of drug-likeness (QED) is 0.844. The summed E-state index contributed by atoms with van der Waals surface area (Å²) in [6.07, 6.45) is 0.381. The maximum Gasteiger partial charge on any atom is 0.238 e. The summed E-state index contributed by atoms with van der Waals surface area (Å²) >= 11 is 11.7. The van der Waals surface area contributed by atoms with Crippen LogP contribution >= 0.6 is 23.2 Å². The van der Waals surface area contributed by atoms with Gasteiger partial charge < -0.3 is 19.4 Å². The molecule has 0 N–H and O–H groups in total. The minimum absolute atomic E-state index is 0.220. The predicted octanol–water partition coefficient (Wildman–Crippen LogP) is 2.70. The first-order valence-electron chi connectivity index (χ1n) is 5.92. The lowest BCUT2D eigenvalue weighted by Gasteiger charge is -2.15. The lowest BCUT2D eigenvalue weighted by molar-refractivity contribution is -0.312. The van der Waals surface area contributed by atoms with Crippen LogP contribution in [0.5, 0.6) is 17.4 Å². The smallest absolute Gasteiger partial charge is 0.238 e. The van der Waals surface area contributed by atoms with Crippen molar-refractivity contribution in [1.82, 2.24) is 4.98 Å². The maximum atomic E-state index is 10.6. The number of rotatable bonds is 5. The summed E-state index contributed by atoms with van der Waals surface area (Å²) in [4.78, 5) is 14.5. The Morgan fingerprint density at radius 3 is 2.43 bits per heavy atom. The monoisotopic (exact) mass is 326 g/mol. The van der Waals surface area contributed by atoms with E-state index in [1.807, 2.05) is 0 Å². The van der Waals surface area contributed by atoms with E-state index in [1.165, 1.54) is 19.2 Å². The molecular weight excluding hydrogens is 317 g/mol. The van der Waals surface area contributed by atoms with E-state index in [1.54, 1.807) is 24.3 Å². The molecule has 110 valence electrons. The van der Waals surface area contributed by atoms with Gasteiger partial charge in [0.1, 0.15) is 22.6 Å². The van der Waals surface area contributed by atoms with E-state index < -0.39 is 12.1 Å². The Hall–Kier alpha value is -1.98. The third-order valence-corrected chi connectivity index (χ3v) is 2.93. The first-order valence-corrected chi connectivity index (χ1v) is 6.68. The molecule has 1 atom stereocenters. The van der Waals surface area contributed by atoms with Crippen LogP contribution in [0.4, 0.5) is 0 Å². The van der Waals surface area contributed by atoms with Crippen molar-refractivity contribution in [3.8, 4) is 17.4 Å². The first kappa shape index (κ1) is 15.4. The minimum atomic E-state index is -1.28. The second-order valence-electron chi connectivity index (χ2n) is 4.09. The van der Waals surface area contributed by atoms with Gasteiger partial charge in [-0.15, -0.1) is 0 Å². The number of carbonyl (C=O) groups is 1. The molecule has 1 heterocycles. The Bertz CT molecular complexity index is 646. The van der Waals surface area contributed by atoms with Gasteiger partial charge in [-0.05, 0) is 37.3 Å². The molecule has 0 amide bonds. The Kier molecular flexibility index (Phi) is 4.88. The highest BCUT2D eigenvalue weighted by Gasteiger charge is 2.07. The molecule has 1 aromatic carbocycles. The fourth-order valence-corrected chi connectivity index (χ4v) is 1.85. The zero-order chi connectivity index (χ0) is 15.4. The van der Waals surface area contributed by atoms with Crippen LogP contribution in [-0.4, -0.2) is 17.1 Å². The summed E-state index contributed by atoms with van der Waals surface area (Å²) in [5, 5.41) is 11.3. The molecule has 0 saturated carbocycles. The number of carboxylic acids is 1. The van der Waals surface area contributed by atoms with Crippen LogP contribution in [0.15, 0.2) is 36.5 Å². The number of nitrogens with zero attached hydrogens (tertiary/aromatic N) is 1. The first-order chi connectivity index (χ1) is 9.95. The van der Waals surface area contributed by atoms with E-state index >= 15 is 0 Å². The summed E-state index contributed by atoms with van der Waals surface area (Å²) in [7, 11) is 0. The molecule has 5 nitrogen and oxygen atoms in total. The lowest BCUT2D eigenvalue weighted by atomic mass is 10.3. The Morgan fingerprint density at radius 1 is 1.24 bits per heavy atom. The zero-order valence-corrected chi connectivity index (χ0v) is 12.4. The second-order valence-corrected chi connectivity index (χ2v) is 4.94. The molecule has 0 bridgehead atoms. The highest BCUT2D eigenvalue weighted by Crippen LogP contribution is 2.29. The van der Waals surface area contributed by atoms with Crippen LogP contribution in [0.25, 0.3) is 0 Å². The Labute approximate surface area is 131 Å². The Balaban J connectivity index is 2.07. The van der Waals surface area contributed by atoms with Crippen molar-refractivity contribution in [2.45, 2.75) is 13.0 Å². The molecule has 0 fully saturated rings. The number of pyridine rings is 1. The van der Waals surface area contributed by atoms with Gasteiger partial charge in [0.15, 0.2) is 0 Å².